The second kappa shape index (κ2) is 5.92. The molecule has 1 heterocycles. The molecule has 0 unspecified atom stereocenters. The fourth-order valence-corrected chi connectivity index (χ4v) is 2.15. The molecular weight excluding hydrogens is 244 g/mol. The van der Waals surface area contributed by atoms with Crippen LogP contribution in [-0.2, 0) is 17.1 Å². The van der Waals surface area contributed by atoms with Crippen molar-refractivity contribution in [3.63, 3.8) is 0 Å². The van der Waals surface area contributed by atoms with Crippen LogP contribution in [0.25, 0.3) is 0 Å². The Morgan fingerprint density at radius 2 is 2.12 bits per heavy atom. The third kappa shape index (κ3) is 5.59. The molecule has 0 amide bonds. The van der Waals surface area contributed by atoms with Crippen LogP contribution in [0.1, 0.15) is 20.3 Å². The predicted octanol–water partition coefficient (Wildman–Crippen LogP) is -0.660. The van der Waals surface area contributed by atoms with E-state index in [-0.39, 0.29) is 11.7 Å². The van der Waals surface area contributed by atoms with Gasteiger partial charge in [0.05, 0.1) is 12.8 Å². The van der Waals surface area contributed by atoms with Crippen molar-refractivity contribution in [2.75, 3.05) is 17.0 Å². The summed E-state index contributed by atoms with van der Waals surface area (Å²) in [6.45, 7) is 4.68. The molecule has 8 nitrogen and oxygen atoms in total. The number of hydrogen-bond donors (Lipinski definition) is 2. The van der Waals surface area contributed by atoms with Gasteiger partial charge in [-0.15, -0.1) is 5.10 Å². The highest BCUT2D eigenvalue weighted by Gasteiger charge is 2.13. The monoisotopic (exact) mass is 262 g/mol. The summed E-state index contributed by atoms with van der Waals surface area (Å²) in [6, 6.07) is 0.354. The minimum Gasteiger partial charge on any atom is -0.314 e. The summed E-state index contributed by atoms with van der Waals surface area (Å²) in [6.07, 6.45) is 0.535. The van der Waals surface area contributed by atoms with Crippen molar-refractivity contribution in [3.05, 3.63) is 0 Å². The lowest BCUT2D eigenvalue weighted by Gasteiger charge is -2.08. The van der Waals surface area contributed by atoms with E-state index in [1.807, 2.05) is 13.8 Å². The minimum atomic E-state index is -3.39. The lowest BCUT2D eigenvalue weighted by atomic mass is 10.4. The summed E-state index contributed by atoms with van der Waals surface area (Å²) < 4.78 is 25.5. The molecule has 0 aliphatic rings. The number of nitrogens with one attached hydrogen (secondary N) is 2. The molecule has 0 atom stereocenters. The van der Waals surface area contributed by atoms with Crippen LogP contribution in [0.15, 0.2) is 0 Å². The normalized spacial score (nSPS) is 12.0. The van der Waals surface area contributed by atoms with Gasteiger partial charge in [-0.25, -0.2) is 13.1 Å². The van der Waals surface area contributed by atoms with Crippen molar-refractivity contribution in [1.29, 1.82) is 0 Å². The van der Waals surface area contributed by atoms with Crippen LogP contribution in [0.5, 0.6) is 0 Å². The molecule has 0 radical (unpaired) electrons. The van der Waals surface area contributed by atoms with E-state index in [4.69, 9.17) is 0 Å². The molecule has 9 heteroatoms. The van der Waals surface area contributed by atoms with Gasteiger partial charge >= 0.3 is 0 Å². The van der Waals surface area contributed by atoms with Crippen molar-refractivity contribution in [2.24, 2.45) is 7.05 Å². The van der Waals surface area contributed by atoms with E-state index in [2.05, 4.69) is 25.4 Å². The zero-order valence-corrected chi connectivity index (χ0v) is 11.0. The Kier molecular flexibility index (Phi) is 4.82. The summed E-state index contributed by atoms with van der Waals surface area (Å²) in [7, 11) is -1.82. The van der Waals surface area contributed by atoms with Crippen LogP contribution in [0.4, 0.5) is 5.95 Å². The summed E-state index contributed by atoms with van der Waals surface area (Å²) in [5, 5.41) is 14.0. The first kappa shape index (κ1) is 13.8. The smallest absolute Gasteiger partial charge is 0.276 e. The number of aryl methyl sites for hydroxylation is 1. The molecule has 98 valence electrons. The molecule has 0 aromatic carbocycles. The van der Waals surface area contributed by atoms with Gasteiger partial charge in [0, 0.05) is 6.04 Å². The van der Waals surface area contributed by atoms with Gasteiger partial charge in [0.15, 0.2) is 0 Å². The Bertz CT molecular complexity index is 441. The average Bonchev–Trinajstić information content (AvgIpc) is 2.57. The maximum Gasteiger partial charge on any atom is 0.276 e. The zero-order chi connectivity index (χ0) is 12.9. The molecule has 0 aliphatic heterocycles. The third-order valence-corrected chi connectivity index (χ3v) is 3.22. The van der Waals surface area contributed by atoms with Crippen molar-refractivity contribution in [3.8, 4) is 0 Å². The van der Waals surface area contributed by atoms with Crippen LogP contribution in [0.2, 0.25) is 0 Å². The quantitative estimate of drug-likeness (QED) is 0.632. The van der Waals surface area contributed by atoms with E-state index in [1.165, 1.54) is 4.80 Å². The van der Waals surface area contributed by atoms with Gasteiger partial charge in [-0.2, -0.15) is 4.80 Å². The van der Waals surface area contributed by atoms with E-state index in [0.717, 1.165) is 0 Å². The summed E-state index contributed by atoms with van der Waals surface area (Å²) in [5.74, 6) is 0.0367. The highest BCUT2D eigenvalue weighted by molar-refractivity contribution is 7.92. The molecule has 0 fully saturated rings. The largest absolute Gasteiger partial charge is 0.314 e. The Morgan fingerprint density at radius 1 is 1.41 bits per heavy atom. The molecule has 0 spiro atoms. The molecule has 17 heavy (non-hydrogen) atoms. The summed E-state index contributed by atoms with van der Waals surface area (Å²) >= 11 is 0. The summed E-state index contributed by atoms with van der Waals surface area (Å²) in [5.41, 5.74) is 0. The van der Waals surface area contributed by atoms with Crippen LogP contribution in [0, 0.1) is 0 Å². The number of aromatic nitrogens is 4. The highest BCUT2D eigenvalue weighted by Crippen LogP contribution is 1.99. The van der Waals surface area contributed by atoms with Gasteiger partial charge < -0.3 is 5.32 Å². The van der Waals surface area contributed by atoms with E-state index in [9.17, 15) is 8.42 Å². The van der Waals surface area contributed by atoms with Crippen LogP contribution >= 0.6 is 0 Å². The molecule has 1 aromatic rings. The fourth-order valence-electron chi connectivity index (χ4n) is 1.17. The van der Waals surface area contributed by atoms with E-state index in [0.29, 0.717) is 19.0 Å². The van der Waals surface area contributed by atoms with Gasteiger partial charge in [-0.3, -0.25) is 0 Å². The number of anilines is 1. The van der Waals surface area contributed by atoms with Crippen LogP contribution in [-0.4, -0.2) is 47.0 Å². The van der Waals surface area contributed by atoms with E-state index >= 15 is 0 Å². The van der Waals surface area contributed by atoms with Gasteiger partial charge in [0.2, 0.25) is 10.0 Å². The minimum absolute atomic E-state index is 0.00400. The average molecular weight is 262 g/mol. The topological polar surface area (TPSA) is 102 Å². The molecule has 0 saturated heterocycles. The van der Waals surface area contributed by atoms with Gasteiger partial charge in [-0.05, 0) is 18.2 Å². The molecular formula is C8H18N6O2S. The molecule has 1 aromatic heterocycles. The molecule has 0 bridgehead atoms. The maximum absolute atomic E-state index is 11.6. The lowest BCUT2D eigenvalue weighted by molar-refractivity contribution is 0.570. The first-order valence-electron chi connectivity index (χ1n) is 5.37. The van der Waals surface area contributed by atoms with Gasteiger partial charge in [0.25, 0.3) is 5.95 Å². The van der Waals surface area contributed by atoms with Gasteiger partial charge in [-0.1, -0.05) is 18.9 Å². The summed E-state index contributed by atoms with van der Waals surface area (Å²) in [4.78, 5) is 1.19. The second-order valence-electron chi connectivity index (χ2n) is 3.99. The van der Waals surface area contributed by atoms with E-state index < -0.39 is 10.0 Å². The van der Waals surface area contributed by atoms with E-state index in [1.54, 1.807) is 7.05 Å². The number of tetrazole rings is 1. The predicted molar refractivity (Wildman–Crippen MR) is 64.0 cm³/mol. The Hall–Kier alpha value is -1.22. The second-order valence-corrected chi connectivity index (χ2v) is 5.83. The van der Waals surface area contributed by atoms with Gasteiger partial charge in [0.1, 0.15) is 0 Å². The third-order valence-electron chi connectivity index (χ3n) is 1.90. The Morgan fingerprint density at radius 3 is 2.65 bits per heavy atom. The molecule has 1 rings (SSSR count). The lowest BCUT2D eigenvalue weighted by Crippen LogP contribution is -2.26. The first-order chi connectivity index (χ1) is 7.89. The SMILES string of the molecule is CC(C)NCCCS(=O)(=O)Nc1nnn(C)n1. The van der Waals surface area contributed by atoms with Crippen LogP contribution < -0.4 is 10.0 Å². The van der Waals surface area contributed by atoms with Crippen molar-refractivity contribution in [1.82, 2.24) is 25.5 Å². The first-order valence-corrected chi connectivity index (χ1v) is 7.02. The van der Waals surface area contributed by atoms with Crippen LogP contribution in [0.3, 0.4) is 0 Å². The van der Waals surface area contributed by atoms with Crippen molar-refractivity contribution in [2.45, 2.75) is 26.3 Å². The highest BCUT2D eigenvalue weighted by atomic mass is 32.2. The molecule has 0 saturated carbocycles. The maximum atomic E-state index is 11.6. The number of sulfonamides is 1. The van der Waals surface area contributed by atoms with Crippen molar-refractivity contribution < 1.29 is 8.42 Å². The Balaban J connectivity index is 2.36. The number of rotatable bonds is 7. The zero-order valence-electron chi connectivity index (χ0n) is 10.2. The number of hydrogen-bond acceptors (Lipinski definition) is 6. The molecule has 0 aliphatic carbocycles. The standard InChI is InChI=1S/C8H18N6O2S/c1-7(2)9-5-4-6-17(15,16)12-8-10-13-14(3)11-8/h7,9H,4-6H2,1-3H3,(H,11,12). The fraction of sp³-hybridized carbons (Fsp3) is 0.875. The molecule has 2 N–H and O–H groups in total. The Labute approximate surface area is 101 Å². The number of nitrogens with zero attached hydrogens (tertiary/aromatic N) is 4. The van der Waals surface area contributed by atoms with Crippen molar-refractivity contribution >= 4 is 16.0 Å².